The van der Waals surface area contributed by atoms with Gasteiger partial charge in [-0.1, -0.05) is 13.0 Å². The van der Waals surface area contributed by atoms with E-state index >= 15 is 0 Å². The van der Waals surface area contributed by atoms with Crippen LogP contribution >= 0.6 is 0 Å². The molecular formula is C9H14O. The van der Waals surface area contributed by atoms with Crippen molar-refractivity contribution in [2.75, 3.05) is 0 Å². The molecule has 10 heavy (non-hydrogen) atoms. The van der Waals surface area contributed by atoms with Gasteiger partial charge in [0.15, 0.2) is 0 Å². The van der Waals surface area contributed by atoms with Crippen LogP contribution in [-0.2, 0) is 4.79 Å². The van der Waals surface area contributed by atoms with Crippen molar-refractivity contribution in [1.29, 1.82) is 0 Å². The van der Waals surface area contributed by atoms with Gasteiger partial charge in [-0.25, -0.2) is 0 Å². The van der Waals surface area contributed by atoms with Gasteiger partial charge in [-0.2, -0.15) is 0 Å². The summed E-state index contributed by atoms with van der Waals surface area (Å²) in [5.74, 6) is 1.11. The first-order chi connectivity index (χ1) is 4.75. The third-order valence-electron chi connectivity index (χ3n) is 2.36. The zero-order valence-electron chi connectivity index (χ0n) is 6.47. The van der Waals surface area contributed by atoms with Gasteiger partial charge in [0.05, 0.1) is 0 Å². The van der Waals surface area contributed by atoms with Crippen LogP contribution in [0.2, 0.25) is 0 Å². The number of Topliss-reactive ketones (excluding diaryl/α,β-unsaturated/α-hetero) is 1. The first-order valence-corrected chi connectivity index (χ1v) is 3.91. The third-order valence-corrected chi connectivity index (χ3v) is 2.36. The average molecular weight is 138 g/mol. The minimum absolute atomic E-state index is 0.289. The highest BCUT2D eigenvalue weighted by molar-refractivity contribution is 5.83. The van der Waals surface area contributed by atoms with Crippen LogP contribution in [0.15, 0.2) is 12.7 Å². The molecule has 0 amide bonds. The van der Waals surface area contributed by atoms with Crippen LogP contribution in [0.4, 0.5) is 0 Å². The van der Waals surface area contributed by atoms with Crippen molar-refractivity contribution >= 4 is 5.78 Å². The third kappa shape index (κ3) is 1.28. The van der Waals surface area contributed by atoms with Crippen molar-refractivity contribution in [1.82, 2.24) is 0 Å². The molecular weight excluding hydrogens is 124 g/mol. The van der Waals surface area contributed by atoms with Crippen LogP contribution in [0.5, 0.6) is 0 Å². The normalized spacial score (nSPS) is 28.5. The molecule has 0 aliphatic heterocycles. The quantitative estimate of drug-likeness (QED) is 0.534. The fourth-order valence-electron chi connectivity index (χ4n) is 1.56. The Bertz CT molecular complexity index is 149. The summed E-state index contributed by atoms with van der Waals surface area (Å²) < 4.78 is 0. The Morgan fingerprint density at radius 3 is 2.90 bits per heavy atom. The lowest BCUT2D eigenvalue weighted by atomic mass is 9.92. The molecule has 0 N–H and O–H groups in total. The molecule has 2 atom stereocenters. The standard InChI is InChI=1S/C9H14O/c1-3-7(2)8-5-4-6-9(8)10/h3,7-8H,1,4-6H2,2H3. The molecule has 0 bridgehead atoms. The molecule has 0 aromatic heterocycles. The second-order valence-electron chi connectivity index (χ2n) is 3.06. The molecule has 1 nitrogen and oxygen atoms in total. The Labute approximate surface area is 62.1 Å². The zero-order chi connectivity index (χ0) is 7.56. The fraction of sp³-hybridized carbons (Fsp3) is 0.667. The fourth-order valence-corrected chi connectivity index (χ4v) is 1.56. The van der Waals surface area contributed by atoms with Crippen LogP contribution in [0, 0.1) is 11.8 Å². The van der Waals surface area contributed by atoms with E-state index in [1.807, 2.05) is 6.08 Å². The van der Waals surface area contributed by atoms with Gasteiger partial charge >= 0.3 is 0 Å². The summed E-state index contributed by atoms with van der Waals surface area (Å²) in [4.78, 5) is 11.1. The summed E-state index contributed by atoms with van der Waals surface area (Å²) in [5, 5.41) is 0. The highest BCUT2D eigenvalue weighted by Gasteiger charge is 2.27. The molecule has 0 saturated heterocycles. The number of allylic oxidation sites excluding steroid dienone is 1. The van der Waals surface area contributed by atoms with Crippen molar-refractivity contribution in [3.63, 3.8) is 0 Å². The van der Waals surface area contributed by atoms with Crippen LogP contribution in [0.3, 0.4) is 0 Å². The lowest BCUT2D eigenvalue weighted by molar-refractivity contribution is -0.121. The number of carbonyl (C=O) groups is 1. The van der Waals surface area contributed by atoms with Crippen LogP contribution in [-0.4, -0.2) is 5.78 Å². The maximum absolute atomic E-state index is 11.1. The van der Waals surface area contributed by atoms with Crippen molar-refractivity contribution < 1.29 is 4.79 Å². The SMILES string of the molecule is C=CC(C)C1CCCC1=O. The predicted molar refractivity (Wildman–Crippen MR) is 41.7 cm³/mol. The summed E-state index contributed by atoms with van der Waals surface area (Å²) in [6.07, 6.45) is 4.84. The molecule has 1 saturated carbocycles. The zero-order valence-corrected chi connectivity index (χ0v) is 6.47. The Kier molecular flexibility index (Phi) is 2.25. The van der Waals surface area contributed by atoms with E-state index in [4.69, 9.17) is 0 Å². The average Bonchev–Trinajstić information content (AvgIpc) is 2.34. The molecule has 1 heteroatoms. The molecule has 0 aromatic rings. The van der Waals surface area contributed by atoms with Crippen molar-refractivity contribution in [3.05, 3.63) is 12.7 Å². The van der Waals surface area contributed by atoms with Gasteiger partial charge in [-0.3, -0.25) is 4.79 Å². The topological polar surface area (TPSA) is 17.1 Å². The first kappa shape index (κ1) is 7.52. The number of ketones is 1. The second kappa shape index (κ2) is 3.00. The Hall–Kier alpha value is -0.590. The van der Waals surface area contributed by atoms with Crippen molar-refractivity contribution in [2.45, 2.75) is 26.2 Å². The van der Waals surface area contributed by atoms with Gasteiger partial charge in [0.25, 0.3) is 0 Å². The molecule has 1 rings (SSSR count). The van der Waals surface area contributed by atoms with E-state index in [0.717, 1.165) is 19.3 Å². The molecule has 1 aliphatic rings. The van der Waals surface area contributed by atoms with Gasteiger partial charge in [0, 0.05) is 12.3 Å². The van der Waals surface area contributed by atoms with Gasteiger partial charge in [-0.05, 0) is 18.8 Å². The minimum atomic E-state index is 0.289. The Balaban J connectivity index is 2.54. The highest BCUT2D eigenvalue weighted by Crippen LogP contribution is 2.28. The molecule has 1 fully saturated rings. The van der Waals surface area contributed by atoms with Gasteiger partial charge in [0.2, 0.25) is 0 Å². The summed E-state index contributed by atoms with van der Waals surface area (Å²) in [6, 6.07) is 0. The highest BCUT2D eigenvalue weighted by atomic mass is 16.1. The summed E-state index contributed by atoms with van der Waals surface area (Å²) in [6.45, 7) is 5.76. The summed E-state index contributed by atoms with van der Waals surface area (Å²) >= 11 is 0. The van der Waals surface area contributed by atoms with E-state index in [-0.39, 0.29) is 5.92 Å². The number of rotatable bonds is 2. The van der Waals surface area contributed by atoms with E-state index in [2.05, 4.69) is 13.5 Å². The van der Waals surface area contributed by atoms with Gasteiger partial charge in [-0.15, -0.1) is 6.58 Å². The maximum atomic E-state index is 11.1. The van der Waals surface area contributed by atoms with Crippen molar-refractivity contribution in [2.24, 2.45) is 11.8 Å². The molecule has 56 valence electrons. The molecule has 0 spiro atoms. The maximum Gasteiger partial charge on any atom is 0.136 e. The number of carbonyl (C=O) groups excluding carboxylic acids is 1. The van der Waals surface area contributed by atoms with E-state index in [0.29, 0.717) is 11.7 Å². The van der Waals surface area contributed by atoms with Gasteiger partial charge in [0.1, 0.15) is 5.78 Å². The van der Waals surface area contributed by atoms with Crippen LogP contribution in [0.1, 0.15) is 26.2 Å². The van der Waals surface area contributed by atoms with E-state index in [9.17, 15) is 4.79 Å². The molecule has 2 unspecified atom stereocenters. The van der Waals surface area contributed by atoms with Crippen LogP contribution in [0.25, 0.3) is 0 Å². The molecule has 0 aromatic carbocycles. The molecule has 0 radical (unpaired) electrons. The van der Waals surface area contributed by atoms with E-state index in [1.54, 1.807) is 0 Å². The number of hydrogen-bond acceptors (Lipinski definition) is 1. The van der Waals surface area contributed by atoms with E-state index in [1.165, 1.54) is 0 Å². The van der Waals surface area contributed by atoms with Crippen molar-refractivity contribution in [3.8, 4) is 0 Å². The first-order valence-electron chi connectivity index (χ1n) is 3.91. The lowest BCUT2D eigenvalue weighted by Crippen LogP contribution is -2.13. The second-order valence-corrected chi connectivity index (χ2v) is 3.06. The minimum Gasteiger partial charge on any atom is -0.299 e. The smallest absolute Gasteiger partial charge is 0.136 e. The Morgan fingerprint density at radius 1 is 1.80 bits per heavy atom. The lowest BCUT2D eigenvalue weighted by Gasteiger charge is -2.11. The van der Waals surface area contributed by atoms with Gasteiger partial charge < -0.3 is 0 Å². The Morgan fingerprint density at radius 2 is 2.50 bits per heavy atom. The summed E-state index contributed by atoms with van der Waals surface area (Å²) in [7, 11) is 0. The molecule has 1 aliphatic carbocycles. The monoisotopic (exact) mass is 138 g/mol. The number of hydrogen-bond donors (Lipinski definition) is 0. The van der Waals surface area contributed by atoms with Crippen LogP contribution < -0.4 is 0 Å². The van der Waals surface area contributed by atoms with E-state index < -0.39 is 0 Å². The molecule has 0 heterocycles. The summed E-state index contributed by atoms with van der Waals surface area (Å²) in [5.41, 5.74) is 0. The largest absolute Gasteiger partial charge is 0.299 e. The predicted octanol–water partition coefficient (Wildman–Crippen LogP) is 2.18.